The van der Waals surface area contributed by atoms with E-state index in [0.29, 0.717) is 10.6 Å². The zero-order chi connectivity index (χ0) is 15.7. The number of piperazine rings is 1. The van der Waals surface area contributed by atoms with Gasteiger partial charge in [-0.05, 0) is 28.1 Å². The molecule has 1 aromatic carbocycles. The summed E-state index contributed by atoms with van der Waals surface area (Å²) in [5.74, 6) is 0.866. The largest absolute Gasteiger partial charge is 0.366 e. The van der Waals surface area contributed by atoms with Crippen LogP contribution in [0.4, 0.5) is 11.6 Å². The van der Waals surface area contributed by atoms with Crippen LogP contribution in [0, 0.1) is 11.3 Å². The molecule has 0 unspecified atom stereocenters. The Morgan fingerprint density at radius 1 is 1.23 bits per heavy atom. The van der Waals surface area contributed by atoms with Crippen LogP contribution in [0.15, 0.2) is 22.9 Å². The molecule has 1 fully saturated rings. The Balaban J connectivity index is 1.82. The van der Waals surface area contributed by atoms with Crippen LogP contribution in [0.25, 0.3) is 0 Å². The number of halogens is 2. The second kappa shape index (κ2) is 6.15. The number of nitriles is 1. The van der Waals surface area contributed by atoms with Crippen LogP contribution in [0.1, 0.15) is 5.56 Å². The van der Waals surface area contributed by atoms with Crippen LogP contribution in [-0.4, -0.2) is 40.9 Å². The fourth-order valence-corrected chi connectivity index (χ4v) is 3.43. The highest BCUT2D eigenvalue weighted by Gasteiger charge is 2.24. The number of aryl methyl sites for hydroxylation is 1. The van der Waals surface area contributed by atoms with Gasteiger partial charge in [0.25, 0.3) is 0 Å². The normalized spacial score (nSPS) is 15.0. The Hall–Kier alpha value is -1.78. The van der Waals surface area contributed by atoms with Gasteiger partial charge in [0.2, 0.25) is 5.95 Å². The maximum atomic E-state index is 9.38. The quantitative estimate of drug-likeness (QED) is 0.799. The van der Waals surface area contributed by atoms with Gasteiger partial charge in [0, 0.05) is 37.7 Å². The van der Waals surface area contributed by atoms with Crippen LogP contribution >= 0.6 is 27.5 Å². The summed E-state index contributed by atoms with van der Waals surface area (Å²) in [5, 5.41) is 17.9. The van der Waals surface area contributed by atoms with Gasteiger partial charge in [0.15, 0.2) is 0 Å². The summed E-state index contributed by atoms with van der Waals surface area (Å²) in [4.78, 5) is 4.37. The van der Waals surface area contributed by atoms with E-state index in [-0.39, 0.29) is 0 Å². The lowest BCUT2D eigenvalue weighted by Crippen LogP contribution is -2.47. The Morgan fingerprint density at radius 2 is 1.91 bits per heavy atom. The summed E-state index contributed by atoms with van der Waals surface area (Å²) < 4.78 is 2.80. The smallest absolute Gasteiger partial charge is 0.226 e. The second-order valence-corrected chi connectivity index (χ2v) is 6.34. The van der Waals surface area contributed by atoms with E-state index in [2.05, 4.69) is 42.0 Å². The number of rotatable bonds is 2. The number of aromatic nitrogens is 3. The first-order chi connectivity index (χ1) is 10.6. The van der Waals surface area contributed by atoms with E-state index >= 15 is 0 Å². The zero-order valence-electron chi connectivity index (χ0n) is 12.0. The minimum absolute atomic E-state index is 0.483. The summed E-state index contributed by atoms with van der Waals surface area (Å²) in [6.45, 7) is 3.22. The summed E-state index contributed by atoms with van der Waals surface area (Å²) in [6.07, 6.45) is 1.70. The van der Waals surface area contributed by atoms with Crippen LogP contribution in [-0.2, 0) is 7.05 Å². The summed E-state index contributed by atoms with van der Waals surface area (Å²) in [6, 6.07) is 5.83. The fourth-order valence-electron chi connectivity index (χ4n) is 2.65. The number of anilines is 2. The Kier molecular flexibility index (Phi) is 4.23. The van der Waals surface area contributed by atoms with Gasteiger partial charge < -0.3 is 14.4 Å². The third kappa shape index (κ3) is 2.64. The molecule has 0 bridgehead atoms. The predicted octanol–water partition coefficient (Wildman–Crippen LogP) is 2.43. The average molecular weight is 382 g/mol. The summed E-state index contributed by atoms with van der Waals surface area (Å²) in [5.41, 5.74) is 1.38. The molecule has 0 atom stereocenters. The molecule has 0 N–H and O–H groups in total. The van der Waals surface area contributed by atoms with Crippen molar-refractivity contribution in [2.45, 2.75) is 0 Å². The Bertz CT molecular complexity index is 729. The molecule has 0 aliphatic carbocycles. The fraction of sp³-hybridized carbons (Fsp3) is 0.357. The molecular weight excluding hydrogens is 368 g/mol. The molecule has 1 aromatic heterocycles. The minimum Gasteiger partial charge on any atom is -0.366 e. The maximum absolute atomic E-state index is 9.38. The van der Waals surface area contributed by atoms with Crippen LogP contribution < -0.4 is 9.80 Å². The average Bonchev–Trinajstić information content (AvgIpc) is 2.95. The van der Waals surface area contributed by atoms with Gasteiger partial charge in [-0.3, -0.25) is 0 Å². The standard InChI is InChI=1S/C14H14BrClN6/c1-20-9-18-19-14(20)22-6-4-21(5-7-22)13-10(8-17)12(16)3-2-11(13)15/h2-3,9H,4-7H2,1H3. The Morgan fingerprint density at radius 3 is 2.50 bits per heavy atom. The number of nitrogens with zero attached hydrogens (tertiary/aromatic N) is 6. The molecule has 114 valence electrons. The third-order valence-corrected chi connectivity index (χ3v) is 4.71. The highest BCUT2D eigenvalue weighted by Crippen LogP contribution is 2.35. The van der Waals surface area contributed by atoms with Crippen molar-refractivity contribution in [2.75, 3.05) is 36.0 Å². The molecule has 2 aromatic rings. The van der Waals surface area contributed by atoms with E-state index in [4.69, 9.17) is 11.6 Å². The molecule has 0 radical (unpaired) electrons. The molecule has 3 rings (SSSR count). The van der Waals surface area contributed by atoms with Crippen molar-refractivity contribution in [1.29, 1.82) is 5.26 Å². The van der Waals surface area contributed by atoms with Crippen molar-refractivity contribution in [3.05, 3.63) is 33.5 Å². The van der Waals surface area contributed by atoms with Gasteiger partial charge in [-0.2, -0.15) is 5.26 Å². The molecule has 1 aliphatic heterocycles. The first-order valence-corrected chi connectivity index (χ1v) is 8.01. The molecule has 22 heavy (non-hydrogen) atoms. The monoisotopic (exact) mass is 380 g/mol. The van der Waals surface area contributed by atoms with E-state index in [1.54, 1.807) is 12.4 Å². The van der Waals surface area contributed by atoms with Crippen LogP contribution in [0.2, 0.25) is 5.02 Å². The van der Waals surface area contributed by atoms with Crippen molar-refractivity contribution >= 4 is 39.2 Å². The van der Waals surface area contributed by atoms with Crippen molar-refractivity contribution < 1.29 is 0 Å². The lowest BCUT2D eigenvalue weighted by atomic mass is 10.1. The molecule has 0 amide bonds. The second-order valence-electron chi connectivity index (χ2n) is 5.08. The molecule has 2 heterocycles. The highest BCUT2D eigenvalue weighted by molar-refractivity contribution is 9.10. The van der Waals surface area contributed by atoms with Gasteiger partial charge in [-0.1, -0.05) is 11.6 Å². The van der Waals surface area contributed by atoms with Crippen LogP contribution in [0.5, 0.6) is 0 Å². The molecule has 1 aliphatic rings. The molecule has 8 heteroatoms. The predicted molar refractivity (Wildman–Crippen MR) is 89.3 cm³/mol. The number of benzene rings is 1. The highest BCUT2D eigenvalue weighted by atomic mass is 79.9. The molecule has 6 nitrogen and oxygen atoms in total. The maximum Gasteiger partial charge on any atom is 0.226 e. The van der Waals surface area contributed by atoms with Gasteiger partial charge >= 0.3 is 0 Å². The lowest BCUT2D eigenvalue weighted by Gasteiger charge is -2.37. The molecule has 0 saturated carbocycles. The number of hydrogen-bond acceptors (Lipinski definition) is 5. The van der Waals surface area contributed by atoms with Crippen LogP contribution in [0.3, 0.4) is 0 Å². The molecular formula is C14H14BrClN6. The van der Waals surface area contributed by atoms with Gasteiger partial charge in [0.05, 0.1) is 16.3 Å². The van der Waals surface area contributed by atoms with Gasteiger partial charge in [0.1, 0.15) is 12.4 Å². The van der Waals surface area contributed by atoms with Crippen molar-refractivity contribution in [3.63, 3.8) is 0 Å². The van der Waals surface area contributed by atoms with Crippen molar-refractivity contribution in [1.82, 2.24) is 14.8 Å². The van der Waals surface area contributed by atoms with Gasteiger partial charge in [-0.15, -0.1) is 10.2 Å². The molecule has 0 spiro atoms. The topological polar surface area (TPSA) is 61.0 Å². The Labute approximate surface area is 142 Å². The first-order valence-electron chi connectivity index (χ1n) is 6.84. The first kappa shape index (κ1) is 15.1. The van der Waals surface area contributed by atoms with Gasteiger partial charge in [-0.25, -0.2) is 0 Å². The summed E-state index contributed by atoms with van der Waals surface area (Å²) in [7, 11) is 1.93. The summed E-state index contributed by atoms with van der Waals surface area (Å²) >= 11 is 9.68. The van der Waals surface area contributed by atoms with Crippen molar-refractivity contribution in [2.24, 2.45) is 7.05 Å². The third-order valence-electron chi connectivity index (χ3n) is 3.76. The van der Waals surface area contributed by atoms with E-state index in [1.807, 2.05) is 17.7 Å². The van der Waals surface area contributed by atoms with E-state index in [9.17, 15) is 5.26 Å². The lowest BCUT2D eigenvalue weighted by molar-refractivity contribution is 0.628. The minimum atomic E-state index is 0.483. The van der Waals surface area contributed by atoms with Crippen molar-refractivity contribution in [3.8, 4) is 6.07 Å². The molecule has 1 saturated heterocycles. The zero-order valence-corrected chi connectivity index (χ0v) is 14.3. The van der Waals surface area contributed by atoms with E-state index in [0.717, 1.165) is 42.3 Å². The van der Waals surface area contributed by atoms with E-state index < -0.39 is 0 Å². The van der Waals surface area contributed by atoms with E-state index in [1.165, 1.54) is 0 Å². The number of hydrogen-bond donors (Lipinski definition) is 0. The SMILES string of the molecule is Cn1cnnc1N1CCN(c2c(Br)ccc(Cl)c2C#N)CC1.